The number of hydrogen-bond donors (Lipinski definition) is 3. The topological polar surface area (TPSA) is 105 Å². The molecule has 1 fully saturated rings. The molecule has 1 aromatic carbocycles. The van der Waals surface area contributed by atoms with Gasteiger partial charge in [-0.15, -0.1) is 0 Å². The molecule has 3 N–H and O–H groups in total. The van der Waals surface area contributed by atoms with Crippen molar-refractivity contribution in [3.63, 3.8) is 0 Å². The molecule has 0 radical (unpaired) electrons. The summed E-state index contributed by atoms with van der Waals surface area (Å²) in [7, 11) is 1.54. The highest BCUT2D eigenvalue weighted by molar-refractivity contribution is 7.98. The summed E-state index contributed by atoms with van der Waals surface area (Å²) in [4.78, 5) is 35.7. The van der Waals surface area contributed by atoms with Gasteiger partial charge in [0.1, 0.15) is 17.8 Å². The van der Waals surface area contributed by atoms with E-state index in [1.165, 1.54) is 5.75 Å². The van der Waals surface area contributed by atoms with Crippen LogP contribution in [-0.2, 0) is 9.59 Å². The van der Waals surface area contributed by atoms with E-state index in [4.69, 9.17) is 9.84 Å². The van der Waals surface area contributed by atoms with Crippen LogP contribution in [0.2, 0.25) is 0 Å². The first kappa shape index (κ1) is 23.8. The Labute approximate surface area is 170 Å². The number of carbonyl (C=O) groups is 3. The zero-order chi connectivity index (χ0) is 21.0. The molecule has 0 aromatic heterocycles. The fraction of sp³-hybridized carbons (Fsp3) is 0.550. The Morgan fingerprint density at radius 1 is 1.14 bits per heavy atom. The molecular formula is C20H30N2O5S. The maximum absolute atomic E-state index is 12.5. The van der Waals surface area contributed by atoms with Crippen molar-refractivity contribution in [3.05, 3.63) is 29.8 Å². The number of carboxylic acid groups (broad SMARTS) is 1. The summed E-state index contributed by atoms with van der Waals surface area (Å²) in [5, 5.41) is 14.0. The Hall–Kier alpha value is -2.22. The predicted molar refractivity (Wildman–Crippen MR) is 111 cm³/mol. The van der Waals surface area contributed by atoms with Gasteiger partial charge in [-0.2, -0.15) is 11.8 Å². The first-order valence-corrected chi connectivity index (χ1v) is 10.7. The van der Waals surface area contributed by atoms with Gasteiger partial charge < -0.3 is 20.5 Å². The Morgan fingerprint density at radius 2 is 1.71 bits per heavy atom. The fourth-order valence-corrected chi connectivity index (χ4v) is 2.92. The van der Waals surface area contributed by atoms with E-state index in [1.807, 2.05) is 11.8 Å². The average molecular weight is 411 g/mol. The highest BCUT2D eigenvalue weighted by Crippen LogP contribution is 2.29. The van der Waals surface area contributed by atoms with E-state index in [-0.39, 0.29) is 5.91 Å². The Kier molecular flexibility index (Phi) is 10.4. The number of thioether (sulfide) groups is 1. The lowest BCUT2D eigenvalue weighted by Gasteiger charge is -2.36. The highest BCUT2D eigenvalue weighted by atomic mass is 32.2. The Balaban J connectivity index is 0.000000892. The van der Waals surface area contributed by atoms with Gasteiger partial charge in [0, 0.05) is 5.56 Å². The normalized spacial score (nSPS) is 14.8. The molecule has 1 saturated carbocycles. The number of aliphatic carboxylic acids is 1. The SMILES string of the molecule is CCSC.COc1ccc(C(=O)NC2(C(=O)NCC(=O)O)CCCCC2)cc1. The summed E-state index contributed by atoms with van der Waals surface area (Å²) in [6.45, 7) is 1.68. The van der Waals surface area contributed by atoms with Crippen molar-refractivity contribution in [3.8, 4) is 5.75 Å². The first-order valence-electron chi connectivity index (χ1n) is 9.34. The molecule has 8 heteroatoms. The molecular weight excluding hydrogens is 380 g/mol. The summed E-state index contributed by atoms with van der Waals surface area (Å²) >= 11 is 1.86. The molecule has 0 spiro atoms. The quantitative estimate of drug-likeness (QED) is 0.638. The number of benzene rings is 1. The number of carbonyl (C=O) groups excluding carboxylic acids is 2. The second kappa shape index (κ2) is 12.3. The van der Waals surface area contributed by atoms with Gasteiger partial charge in [-0.3, -0.25) is 14.4 Å². The van der Waals surface area contributed by atoms with Gasteiger partial charge in [0.05, 0.1) is 7.11 Å². The summed E-state index contributed by atoms with van der Waals surface area (Å²) in [5.74, 6) is -0.0367. The van der Waals surface area contributed by atoms with Crippen LogP contribution in [0.4, 0.5) is 0 Å². The molecule has 0 heterocycles. The van der Waals surface area contributed by atoms with Gasteiger partial charge in [-0.1, -0.05) is 26.2 Å². The van der Waals surface area contributed by atoms with Gasteiger partial charge in [0.15, 0.2) is 0 Å². The number of hydrogen-bond acceptors (Lipinski definition) is 5. The summed E-state index contributed by atoms with van der Waals surface area (Å²) < 4.78 is 5.06. The Bertz CT molecular complexity index is 641. The number of amides is 2. The lowest BCUT2D eigenvalue weighted by molar-refractivity contribution is -0.139. The van der Waals surface area contributed by atoms with Crippen LogP contribution in [0.15, 0.2) is 24.3 Å². The standard InChI is InChI=1S/C17H22N2O5.C3H8S/c1-24-13-7-5-12(6-8-13)15(22)19-17(9-3-2-4-10-17)16(23)18-11-14(20)21;1-3-4-2/h5-8H,2-4,9-11H2,1H3,(H,18,23)(H,19,22)(H,20,21);3H2,1-2H3. The number of ether oxygens (including phenoxy) is 1. The van der Waals surface area contributed by atoms with Gasteiger partial charge in [-0.25, -0.2) is 0 Å². The number of methoxy groups -OCH3 is 1. The largest absolute Gasteiger partial charge is 0.497 e. The zero-order valence-corrected chi connectivity index (χ0v) is 17.6. The van der Waals surface area contributed by atoms with Crippen molar-refractivity contribution in [2.45, 2.75) is 44.6 Å². The smallest absolute Gasteiger partial charge is 0.322 e. The van der Waals surface area contributed by atoms with E-state index < -0.39 is 24.0 Å². The minimum Gasteiger partial charge on any atom is -0.497 e. The van der Waals surface area contributed by atoms with E-state index in [1.54, 1.807) is 31.4 Å². The molecule has 0 saturated heterocycles. The molecule has 0 atom stereocenters. The summed E-state index contributed by atoms with van der Waals surface area (Å²) in [6, 6.07) is 6.60. The highest BCUT2D eigenvalue weighted by Gasteiger charge is 2.41. The molecule has 0 bridgehead atoms. The maximum Gasteiger partial charge on any atom is 0.322 e. The molecule has 156 valence electrons. The minimum atomic E-state index is -1.12. The van der Waals surface area contributed by atoms with Crippen LogP contribution in [0.1, 0.15) is 49.4 Å². The third kappa shape index (κ3) is 7.42. The van der Waals surface area contributed by atoms with Gasteiger partial charge in [-0.05, 0) is 49.1 Å². The second-order valence-electron chi connectivity index (χ2n) is 6.48. The van der Waals surface area contributed by atoms with Crippen molar-refractivity contribution in [1.29, 1.82) is 0 Å². The van der Waals surface area contributed by atoms with Gasteiger partial charge in [0.25, 0.3) is 5.91 Å². The van der Waals surface area contributed by atoms with Crippen LogP contribution in [0, 0.1) is 0 Å². The van der Waals surface area contributed by atoms with Gasteiger partial charge in [0.2, 0.25) is 5.91 Å². The third-order valence-corrected chi connectivity index (χ3v) is 5.11. The van der Waals surface area contributed by atoms with Crippen LogP contribution in [-0.4, -0.2) is 54.1 Å². The summed E-state index contributed by atoms with van der Waals surface area (Å²) in [6.07, 6.45) is 5.71. The molecule has 1 aliphatic carbocycles. The van der Waals surface area contributed by atoms with E-state index in [9.17, 15) is 14.4 Å². The van der Waals surface area contributed by atoms with Crippen LogP contribution in [0.25, 0.3) is 0 Å². The molecule has 0 unspecified atom stereocenters. The molecule has 0 aliphatic heterocycles. The van der Waals surface area contributed by atoms with E-state index in [0.717, 1.165) is 19.3 Å². The second-order valence-corrected chi connectivity index (χ2v) is 7.63. The zero-order valence-electron chi connectivity index (χ0n) is 16.7. The molecule has 28 heavy (non-hydrogen) atoms. The van der Waals surface area contributed by atoms with Crippen LogP contribution >= 0.6 is 11.8 Å². The number of nitrogens with one attached hydrogen (secondary N) is 2. The molecule has 2 rings (SSSR count). The van der Waals surface area contributed by atoms with Gasteiger partial charge >= 0.3 is 5.97 Å². The number of carboxylic acids is 1. The van der Waals surface area contributed by atoms with E-state index in [2.05, 4.69) is 23.8 Å². The van der Waals surface area contributed by atoms with E-state index >= 15 is 0 Å². The van der Waals surface area contributed by atoms with Crippen molar-refractivity contribution in [2.75, 3.05) is 25.7 Å². The third-order valence-electron chi connectivity index (χ3n) is 4.54. The van der Waals surface area contributed by atoms with Crippen LogP contribution < -0.4 is 15.4 Å². The fourth-order valence-electron chi connectivity index (χ4n) is 2.92. The minimum absolute atomic E-state index is 0.356. The number of rotatable bonds is 7. The Morgan fingerprint density at radius 3 is 2.18 bits per heavy atom. The first-order chi connectivity index (χ1) is 13.4. The van der Waals surface area contributed by atoms with Crippen molar-refractivity contribution >= 4 is 29.5 Å². The molecule has 1 aromatic rings. The average Bonchev–Trinajstić information content (AvgIpc) is 2.72. The van der Waals surface area contributed by atoms with Crippen molar-refractivity contribution in [2.24, 2.45) is 0 Å². The predicted octanol–water partition coefficient (Wildman–Crippen LogP) is 2.70. The van der Waals surface area contributed by atoms with Crippen molar-refractivity contribution in [1.82, 2.24) is 10.6 Å². The van der Waals surface area contributed by atoms with Crippen molar-refractivity contribution < 1.29 is 24.2 Å². The molecule has 7 nitrogen and oxygen atoms in total. The lowest BCUT2D eigenvalue weighted by atomic mass is 9.80. The van der Waals surface area contributed by atoms with E-state index in [0.29, 0.717) is 24.2 Å². The molecule has 1 aliphatic rings. The lowest BCUT2D eigenvalue weighted by Crippen LogP contribution is -2.60. The van der Waals surface area contributed by atoms with Crippen LogP contribution in [0.5, 0.6) is 5.75 Å². The van der Waals surface area contributed by atoms with Crippen LogP contribution in [0.3, 0.4) is 0 Å². The monoisotopic (exact) mass is 410 g/mol. The molecule has 2 amide bonds. The summed E-state index contributed by atoms with van der Waals surface area (Å²) in [5.41, 5.74) is -0.628. The maximum atomic E-state index is 12.5.